The molecule has 0 spiro atoms. The maximum Gasteiger partial charge on any atom is 0.164 e. The Morgan fingerprint density at radius 3 is 2.74 bits per heavy atom. The van der Waals surface area contributed by atoms with Crippen molar-refractivity contribution in [3.63, 3.8) is 0 Å². The summed E-state index contributed by atoms with van der Waals surface area (Å²) in [5.41, 5.74) is 0.720. The van der Waals surface area contributed by atoms with Crippen molar-refractivity contribution in [1.82, 2.24) is 0 Å². The first-order valence-electron chi connectivity index (χ1n) is 7.29. The maximum atomic E-state index is 12.5. The molecule has 1 aromatic rings. The van der Waals surface area contributed by atoms with E-state index < -0.39 is 5.60 Å². The highest BCUT2D eigenvalue weighted by Gasteiger charge is 2.40. The number of methoxy groups -OCH3 is 1. The van der Waals surface area contributed by atoms with Gasteiger partial charge in [0.05, 0.1) is 0 Å². The Hall–Kier alpha value is -1.15. The standard InChI is InChI=1S/C17H24O2/c1-14-7-6-12-17(13-14,19-2)16(18)11-10-15-8-4-3-5-9-15/h3-5,8-9,14H,6-7,10-13H2,1-2H3. The fraction of sp³-hybridized carbons (Fsp3) is 0.588. The van der Waals surface area contributed by atoms with Crippen LogP contribution >= 0.6 is 0 Å². The van der Waals surface area contributed by atoms with Crippen LogP contribution in [0.2, 0.25) is 0 Å². The van der Waals surface area contributed by atoms with Crippen LogP contribution in [-0.2, 0) is 16.0 Å². The monoisotopic (exact) mass is 260 g/mol. The Morgan fingerprint density at radius 1 is 1.37 bits per heavy atom. The van der Waals surface area contributed by atoms with Gasteiger partial charge in [-0.3, -0.25) is 4.79 Å². The number of benzene rings is 1. The van der Waals surface area contributed by atoms with Gasteiger partial charge in [0, 0.05) is 13.5 Å². The third-order valence-electron chi connectivity index (χ3n) is 4.34. The summed E-state index contributed by atoms with van der Waals surface area (Å²) in [5, 5.41) is 0. The highest BCUT2D eigenvalue weighted by atomic mass is 16.5. The van der Waals surface area contributed by atoms with Gasteiger partial charge in [0.2, 0.25) is 0 Å². The van der Waals surface area contributed by atoms with Gasteiger partial charge in [-0.05, 0) is 37.2 Å². The molecule has 1 aromatic carbocycles. The summed E-state index contributed by atoms with van der Waals surface area (Å²) in [6.45, 7) is 2.22. The molecule has 2 unspecified atom stereocenters. The van der Waals surface area contributed by atoms with Crippen LogP contribution in [0.5, 0.6) is 0 Å². The van der Waals surface area contributed by atoms with Crippen molar-refractivity contribution in [3.8, 4) is 0 Å². The van der Waals surface area contributed by atoms with E-state index >= 15 is 0 Å². The highest BCUT2D eigenvalue weighted by molar-refractivity contribution is 5.87. The molecule has 1 fully saturated rings. The average Bonchev–Trinajstić information content (AvgIpc) is 2.45. The van der Waals surface area contributed by atoms with Crippen molar-refractivity contribution < 1.29 is 9.53 Å². The van der Waals surface area contributed by atoms with Gasteiger partial charge < -0.3 is 4.74 Å². The second kappa shape index (κ2) is 6.33. The van der Waals surface area contributed by atoms with E-state index in [1.807, 2.05) is 18.2 Å². The Bertz CT molecular complexity index is 413. The van der Waals surface area contributed by atoms with E-state index in [-0.39, 0.29) is 5.78 Å². The molecule has 0 N–H and O–H groups in total. The van der Waals surface area contributed by atoms with Crippen LogP contribution in [0.15, 0.2) is 30.3 Å². The van der Waals surface area contributed by atoms with Gasteiger partial charge >= 0.3 is 0 Å². The molecule has 0 saturated heterocycles. The third-order valence-corrected chi connectivity index (χ3v) is 4.34. The Balaban J connectivity index is 1.97. The summed E-state index contributed by atoms with van der Waals surface area (Å²) in [6, 6.07) is 10.2. The fourth-order valence-corrected chi connectivity index (χ4v) is 3.19. The Kier molecular flexibility index (Phi) is 4.76. The minimum Gasteiger partial charge on any atom is -0.370 e. The summed E-state index contributed by atoms with van der Waals surface area (Å²) >= 11 is 0. The Labute approximate surface area is 116 Å². The zero-order chi connectivity index (χ0) is 13.7. The van der Waals surface area contributed by atoms with Crippen LogP contribution < -0.4 is 0 Å². The normalized spacial score (nSPS) is 27.2. The minimum absolute atomic E-state index is 0.283. The third kappa shape index (κ3) is 3.44. The fourth-order valence-electron chi connectivity index (χ4n) is 3.19. The molecule has 1 aliphatic rings. The van der Waals surface area contributed by atoms with Gasteiger partial charge in [0.25, 0.3) is 0 Å². The summed E-state index contributed by atoms with van der Waals surface area (Å²) in [7, 11) is 1.69. The number of hydrogen-bond donors (Lipinski definition) is 0. The first kappa shape index (κ1) is 14.3. The van der Waals surface area contributed by atoms with Crippen LogP contribution in [0.1, 0.15) is 44.6 Å². The second-order valence-electron chi connectivity index (χ2n) is 5.81. The molecule has 0 amide bonds. The largest absolute Gasteiger partial charge is 0.370 e. The summed E-state index contributed by atoms with van der Waals surface area (Å²) in [4.78, 5) is 12.5. The predicted molar refractivity (Wildman–Crippen MR) is 77.1 cm³/mol. The number of ether oxygens (including phenoxy) is 1. The quantitative estimate of drug-likeness (QED) is 0.805. The zero-order valence-corrected chi connectivity index (χ0v) is 12.0. The van der Waals surface area contributed by atoms with Crippen molar-refractivity contribution >= 4 is 5.78 Å². The summed E-state index contributed by atoms with van der Waals surface area (Å²) < 4.78 is 5.65. The second-order valence-corrected chi connectivity index (χ2v) is 5.81. The lowest BCUT2D eigenvalue weighted by atomic mass is 9.75. The molecule has 2 rings (SSSR count). The number of carbonyl (C=O) groups excluding carboxylic acids is 1. The van der Waals surface area contributed by atoms with Crippen LogP contribution in [-0.4, -0.2) is 18.5 Å². The van der Waals surface area contributed by atoms with E-state index in [9.17, 15) is 4.79 Å². The number of carbonyl (C=O) groups is 1. The molecule has 0 heterocycles. The van der Waals surface area contributed by atoms with Crippen LogP contribution in [0.25, 0.3) is 0 Å². The number of ketones is 1. The molecule has 1 saturated carbocycles. The SMILES string of the molecule is COC1(C(=O)CCc2ccccc2)CCCC(C)C1. The number of hydrogen-bond acceptors (Lipinski definition) is 2. The summed E-state index contributed by atoms with van der Waals surface area (Å²) in [6.07, 6.45) is 5.51. The first-order chi connectivity index (χ1) is 9.16. The zero-order valence-electron chi connectivity index (χ0n) is 12.0. The van der Waals surface area contributed by atoms with Gasteiger partial charge in [0.15, 0.2) is 5.78 Å². The van der Waals surface area contributed by atoms with E-state index in [4.69, 9.17) is 4.74 Å². The number of aryl methyl sites for hydroxylation is 1. The van der Waals surface area contributed by atoms with Gasteiger partial charge in [-0.25, -0.2) is 0 Å². The van der Waals surface area contributed by atoms with Crippen molar-refractivity contribution in [3.05, 3.63) is 35.9 Å². The number of rotatable bonds is 5. The van der Waals surface area contributed by atoms with Crippen molar-refractivity contribution in [2.45, 2.75) is 51.0 Å². The van der Waals surface area contributed by atoms with Gasteiger partial charge in [-0.1, -0.05) is 43.7 Å². The van der Waals surface area contributed by atoms with Crippen molar-refractivity contribution in [1.29, 1.82) is 0 Å². The minimum atomic E-state index is -0.507. The predicted octanol–water partition coefficient (Wildman–Crippen LogP) is 3.78. The summed E-state index contributed by atoms with van der Waals surface area (Å²) in [5.74, 6) is 0.875. The lowest BCUT2D eigenvalue weighted by Crippen LogP contribution is -2.44. The Morgan fingerprint density at radius 2 is 2.11 bits per heavy atom. The van der Waals surface area contributed by atoms with E-state index in [1.54, 1.807) is 7.11 Å². The average molecular weight is 260 g/mol. The van der Waals surface area contributed by atoms with Gasteiger partial charge in [-0.15, -0.1) is 0 Å². The molecular formula is C17H24O2. The van der Waals surface area contributed by atoms with Gasteiger partial charge in [-0.2, -0.15) is 0 Å². The van der Waals surface area contributed by atoms with E-state index in [0.717, 1.165) is 25.7 Å². The molecular weight excluding hydrogens is 236 g/mol. The molecule has 0 bridgehead atoms. The molecule has 2 atom stereocenters. The molecule has 0 aliphatic heterocycles. The lowest BCUT2D eigenvalue weighted by molar-refractivity contribution is -0.147. The van der Waals surface area contributed by atoms with E-state index in [2.05, 4.69) is 19.1 Å². The molecule has 0 radical (unpaired) electrons. The molecule has 1 aliphatic carbocycles. The van der Waals surface area contributed by atoms with Crippen LogP contribution in [0.4, 0.5) is 0 Å². The van der Waals surface area contributed by atoms with Crippen LogP contribution in [0, 0.1) is 5.92 Å². The topological polar surface area (TPSA) is 26.3 Å². The maximum absolute atomic E-state index is 12.5. The van der Waals surface area contributed by atoms with E-state index in [0.29, 0.717) is 12.3 Å². The highest BCUT2D eigenvalue weighted by Crippen LogP contribution is 2.36. The first-order valence-corrected chi connectivity index (χ1v) is 7.29. The van der Waals surface area contributed by atoms with E-state index in [1.165, 1.54) is 12.0 Å². The number of Topliss-reactive ketones (excluding diaryl/α,β-unsaturated/α-hetero) is 1. The van der Waals surface area contributed by atoms with Crippen molar-refractivity contribution in [2.75, 3.05) is 7.11 Å². The molecule has 0 aromatic heterocycles. The molecule has 2 nitrogen and oxygen atoms in total. The molecule has 104 valence electrons. The molecule has 19 heavy (non-hydrogen) atoms. The van der Waals surface area contributed by atoms with Gasteiger partial charge in [0.1, 0.15) is 5.60 Å². The lowest BCUT2D eigenvalue weighted by Gasteiger charge is -2.37. The molecule has 2 heteroatoms. The van der Waals surface area contributed by atoms with Crippen LogP contribution in [0.3, 0.4) is 0 Å². The smallest absolute Gasteiger partial charge is 0.164 e. The van der Waals surface area contributed by atoms with Crippen molar-refractivity contribution in [2.24, 2.45) is 5.92 Å².